The summed E-state index contributed by atoms with van der Waals surface area (Å²) in [6.07, 6.45) is 1.81. The van der Waals surface area contributed by atoms with Crippen LogP contribution in [0.3, 0.4) is 0 Å². The van der Waals surface area contributed by atoms with Gasteiger partial charge in [-0.15, -0.1) is 0 Å². The molecule has 0 amide bonds. The number of halogens is 1. The van der Waals surface area contributed by atoms with E-state index >= 15 is 0 Å². The molecule has 2 nitrogen and oxygen atoms in total. The van der Waals surface area contributed by atoms with Crippen molar-refractivity contribution in [2.75, 3.05) is 6.54 Å². The molecule has 0 radical (unpaired) electrons. The molecule has 0 fully saturated rings. The van der Waals surface area contributed by atoms with Gasteiger partial charge < -0.3 is 5.32 Å². The van der Waals surface area contributed by atoms with E-state index in [2.05, 4.69) is 71.0 Å². The molecule has 0 aliphatic rings. The van der Waals surface area contributed by atoms with Crippen molar-refractivity contribution in [2.45, 2.75) is 12.5 Å². The second kappa shape index (κ2) is 7.91. The monoisotopic (exact) mass is 322 g/mol. The Morgan fingerprint density at radius 3 is 1.96 bits per heavy atom. The van der Waals surface area contributed by atoms with Crippen molar-refractivity contribution in [3.05, 3.63) is 101 Å². The number of nitrogens with zero attached hydrogens (tertiary/aromatic N) is 1. The van der Waals surface area contributed by atoms with Crippen molar-refractivity contribution in [2.24, 2.45) is 0 Å². The lowest BCUT2D eigenvalue weighted by Crippen LogP contribution is -2.22. The highest BCUT2D eigenvalue weighted by Crippen LogP contribution is 2.23. The summed E-state index contributed by atoms with van der Waals surface area (Å²) < 4.78 is 0. The molecule has 0 bridgehead atoms. The molecule has 1 heterocycles. The average molecular weight is 323 g/mol. The zero-order chi connectivity index (χ0) is 15.9. The number of pyridine rings is 1. The number of hydrogen-bond donors (Lipinski definition) is 1. The van der Waals surface area contributed by atoms with Gasteiger partial charge in [0, 0.05) is 25.2 Å². The smallest absolute Gasteiger partial charge is 0.129 e. The van der Waals surface area contributed by atoms with Crippen molar-refractivity contribution in [1.29, 1.82) is 0 Å². The fourth-order valence-corrected chi connectivity index (χ4v) is 2.78. The zero-order valence-electron chi connectivity index (χ0n) is 12.8. The number of aromatic nitrogens is 1. The Morgan fingerprint density at radius 2 is 1.43 bits per heavy atom. The average Bonchev–Trinajstić information content (AvgIpc) is 2.62. The number of nitrogens with one attached hydrogen (secondary N) is 1. The third kappa shape index (κ3) is 4.41. The van der Waals surface area contributed by atoms with Crippen molar-refractivity contribution >= 4 is 11.6 Å². The Kier molecular flexibility index (Phi) is 5.41. The van der Waals surface area contributed by atoms with Crippen molar-refractivity contribution < 1.29 is 0 Å². The van der Waals surface area contributed by atoms with Crippen molar-refractivity contribution in [1.82, 2.24) is 10.3 Å². The van der Waals surface area contributed by atoms with Crippen LogP contribution in [0.25, 0.3) is 0 Å². The fraction of sp³-hybridized carbons (Fsp3) is 0.150. The largest absolute Gasteiger partial charge is 0.312 e. The van der Waals surface area contributed by atoms with Gasteiger partial charge in [0.15, 0.2) is 0 Å². The highest BCUT2D eigenvalue weighted by atomic mass is 35.5. The summed E-state index contributed by atoms with van der Waals surface area (Å²) in [4.78, 5) is 4.12. The number of benzene rings is 2. The summed E-state index contributed by atoms with van der Waals surface area (Å²) in [5, 5.41) is 4.06. The quantitative estimate of drug-likeness (QED) is 0.668. The van der Waals surface area contributed by atoms with E-state index in [1.807, 2.05) is 18.3 Å². The van der Waals surface area contributed by atoms with Gasteiger partial charge in [0.05, 0.1) is 0 Å². The summed E-state index contributed by atoms with van der Waals surface area (Å²) >= 11 is 5.82. The third-order valence-electron chi connectivity index (χ3n) is 3.87. The summed E-state index contributed by atoms with van der Waals surface area (Å²) in [6, 6.07) is 25.0. The Morgan fingerprint density at radius 1 is 0.826 bits per heavy atom. The zero-order valence-corrected chi connectivity index (χ0v) is 13.6. The first-order valence-corrected chi connectivity index (χ1v) is 8.12. The summed E-state index contributed by atoms with van der Waals surface area (Å²) in [5.74, 6) is 0.331. The lowest BCUT2D eigenvalue weighted by Gasteiger charge is -2.19. The van der Waals surface area contributed by atoms with Crippen LogP contribution >= 0.6 is 11.6 Å². The lowest BCUT2D eigenvalue weighted by atomic mass is 9.91. The Bertz CT molecular complexity index is 672. The predicted molar refractivity (Wildman–Crippen MR) is 95.7 cm³/mol. The molecule has 0 atom stereocenters. The minimum absolute atomic E-state index is 0.331. The van der Waals surface area contributed by atoms with Gasteiger partial charge in [-0.1, -0.05) is 78.3 Å². The highest BCUT2D eigenvalue weighted by molar-refractivity contribution is 6.29. The van der Waals surface area contributed by atoms with E-state index in [1.54, 1.807) is 0 Å². The molecule has 1 N–H and O–H groups in total. The van der Waals surface area contributed by atoms with Gasteiger partial charge in [0.1, 0.15) is 5.15 Å². The van der Waals surface area contributed by atoms with Crippen LogP contribution in [0.4, 0.5) is 0 Å². The maximum absolute atomic E-state index is 5.82. The minimum atomic E-state index is 0.331. The van der Waals surface area contributed by atoms with E-state index in [9.17, 15) is 0 Å². The summed E-state index contributed by atoms with van der Waals surface area (Å²) in [7, 11) is 0. The van der Waals surface area contributed by atoms with E-state index in [0.29, 0.717) is 11.1 Å². The molecule has 2 aromatic carbocycles. The van der Waals surface area contributed by atoms with E-state index in [-0.39, 0.29) is 0 Å². The van der Waals surface area contributed by atoms with Crippen LogP contribution in [0.15, 0.2) is 79.0 Å². The molecular weight excluding hydrogens is 304 g/mol. The van der Waals surface area contributed by atoms with Crippen LogP contribution in [0, 0.1) is 0 Å². The second-order valence-electron chi connectivity index (χ2n) is 5.49. The molecule has 0 saturated heterocycles. The normalized spacial score (nSPS) is 10.9. The van der Waals surface area contributed by atoms with Gasteiger partial charge in [-0.3, -0.25) is 0 Å². The van der Waals surface area contributed by atoms with Gasteiger partial charge in [0.25, 0.3) is 0 Å². The van der Waals surface area contributed by atoms with E-state index in [0.717, 1.165) is 18.7 Å². The molecule has 0 aliphatic heterocycles. The Labute approximate surface area is 142 Å². The lowest BCUT2D eigenvalue weighted by molar-refractivity contribution is 0.635. The van der Waals surface area contributed by atoms with Crippen molar-refractivity contribution in [3.8, 4) is 0 Å². The standard InChI is InChI=1S/C20H19ClN2/c21-20-12-11-16(14-23-20)13-22-15-19(17-7-3-1-4-8-17)18-9-5-2-6-10-18/h1-12,14,19,22H,13,15H2. The minimum Gasteiger partial charge on any atom is -0.312 e. The molecule has 3 heteroatoms. The fourth-order valence-electron chi connectivity index (χ4n) is 2.67. The Balaban J connectivity index is 1.71. The van der Waals surface area contributed by atoms with E-state index < -0.39 is 0 Å². The molecule has 0 aliphatic carbocycles. The molecule has 0 spiro atoms. The predicted octanol–water partition coefficient (Wildman–Crippen LogP) is 4.66. The van der Waals surface area contributed by atoms with Crippen LogP contribution in [0.2, 0.25) is 5.15 Å². The first-order chi connectivity index (χ1) is 11.3. The first kappa shape index (κ1) is 15.7. The molecule has 0 unspecified atom stereocenters. The van der Waals surface area contributed by atoms with Gasteiger partial charge in [-0.2, -0.15) is 0 Å². The van der Waals surface area contributed by atoms with Crippen LogP contribution in [-0.2, 0) is 6.54 Å². The van der Waals surface area contributed by atoms with Crippen molar-refractivity contribution in [3.63, 3.8) is 0 Å². The molecule has 116 valence electrons. The molecule has 0 saturated carbocycles. The van der Waals surface area contributed by atoms with Gasteiger partial charge in [-0.05, 0) is 22.8 Å². The van der Waals surface area contributed by atoms with E-state index in [4.69, 9.17) is 11.6 Å². The van der Waals surface area contributed by atoms with Gasteiger partial charge >= 0.3 is 0 Å². The summed E-state index contributed by atoms with van der Waals surface area (Å²) in [6.45, 7) is 1.65. The van der Waals surface area contributed by atoms with E-state index in [1.165, 1.54) is 11.1 Å². The van der Waals surface area contributed by atoms with Gasteiger partial charge in [0.2, 0.25) is 0 Å². The SMILES string of the molecule is Clc1ccc(CNCC(c2ccccc2)c2ccccc2)cn1. The second-order valence-corrected chi connectivity index (χ2v) is 5.88. The number of rotatable bonds is 6. The number of hydrogen-bond acceptors (Lipinski definition) is 2. The molecule has 3 rings (SSSR count). The highest BCUT2D eigenvalue weighted by Gasteiger charge is 2.13. The van der Waals surface area contributed by atoms with Crippen LogP contribution in [0.5, 0.6) is 0 Å². The third-order valence-corrected chi connectivity index (χ3v) is 4.09. The van der Waals surface area contributed by atoms with Gasteiger partial charge in [-0.25, -0.2) is 4.98 Å². The first-order valence-electron chi connectivity index (χ1n) is 7.74. The maximum atomic E-state index is 5.82. The Hall–Kier alpha value is -2.16. The molecular formula is C20H19ClN2. The topological polar surface area (TPSA) is 24.9 Å². The van der Waals surface area contributed by atoms with Crippen LogP contribution in [0.1, 0.15) is 22.6 Å². The van der Waals surface area contributed by atoms with Crippen LogP contribution in [-0.4, -0.2) is 11.5 Å². The summed E-state index contributed by atoms with van der Waals surface area (Å²) in [5.41, 5.74) is 3.77. The molecule has 1 aromatic heterocycles. The van der Waals surface area contributed by atoms with Crippen LogP contribution < -0.4 is 5.32 Å². The maximum Gasteiger partial charge on any atom is 0.129 e. The molecule has 3 aromatic rings. The molecule has 23 heavy (non-hydrogen) atoms.